The Labute approximate surface area is 98.2 Å². The van der Waals surface area contributed by atoms with Gasteiger partial charge in [0.25, 0.3) is 0 Å². The zero-order valence-corrected chi connectivity index (χ0v) is 9.05. The van der Waals surface area contributed by atoms with Crippen molar-refractivity contribution in [2.45, 2.75) is 12.8 Å². The molecule has 0 spiro atoms. The lowest BCUT2D eigenvalue weighted by atomic mass is 9.89. The minimum Gasteiger partial charge on any atom is -0.423 e. The van der Waals surface area contributed by atoms with Crippen LogP contribution in [0.5, 0.6) is 0 Å². The third kappa shape index (κ3) is 1.62. The van der Waals surface area contributed by atoms with Crippen molar-refractivity contribution in [3.63, 3.8) is 0 Å². The zero-order chi connectivity index (χ0) is 11.7. The molecule has 0 saturated carbocycles. The molecule has 0 saturated heterocycles. The van der Waals surface area contributed by atoms with Gasteiger partial charge < -0.3 is 4.42 Å². The lowest BCUT2D eigenvalue weighted by Crippen LogP contribution is -2.01. The molecule has 82 valence electrons. The summed E-state index contributed by atoms with van der Waals surface area (Å²) in [6.07, 6.45) is 5.30. The molecule has 0 unspecified atom stereocenters. The SMILES string of the molecule is N#Cc1ccc2c(c1)CCC=C2c1nnco1. The van der Waals surface area contributed by atoms with Crippen molar-refractivity contribution in [2.75, 3.05) is 0 Å². The van der Waals surface area contributed by atoms with Crippen LogP contribution in [0.25, 0.3) is 5.57 Å². The summed E-state index contributed by atoms with van der Waals surface area (Å²) < 4.78 is 5.23. The number of fused-ring (bicyclic) bond motifs is 1. The van der Waals surface area contributed by atoms with Gasteiger partial charge in [0, 0.05) is 5.57 Å². The van der Waals surface area contributed by atoms with Crippen LogP contribution in [-0.4, -0.2) is 10.2 Å². The predicted octanol–water partition coefficient (Wildman–Crippen LogP) is 2.32. The van der Waals surface area contributed by atoms with E-state index in [0.717, 1.165) is 24.0 Å². The van der Waals surface area contributed by atoms with Crippen molar-refractivity contribution in [3.8, 4) is 6.07 Å². The van der Waals surface area contributed by atoms with Gasteiger partial charge in [0.05, 0.1) is 11.6 Å². The molecule has 1 aromatic carbocycles. The summed E-state index contributed by atoms with van der Waals surface area (Å²) in [5.41, 5.74) is 3.91. The second kappa shape index (κ2) is 3.87. The lowest BCUT2D eigenvalue weighted by molar-refractivity contribution is 0.538. The van der Waals surface area contributed by atoms with Gasteiger partial charge in [-0.2, -0.15) is 5.26 Å². The second-order valence-electron chi connectivity index (χ2n) is 3.88. The van der Waals surface area contributed by atoms with Crippen molar-refractivity contribution >= 4 is 5.57 Å². The number of nitrogens with zero attached hydrogens (tertiary/aromatic N) is 3. The van der Waals surface area contributed by atoms with E-state index in [0.29, 0.717) is 11.5 Å². The number of rotatable bonds is 1. The van der Waals surface area contributed by atoms with Gasteiger partial charge in [-0.15, -0.1) is 10.2 Å². The number of allylic oxidation sites excluding steroid dienone is 1. The van der Waals surface area contributed by atoms with Crippen LogP contribution in [0.3, 0.4) is 0 Å². The molecule has 4 heteroatoms. The van der Waals surface area contributed by atoms with E-state index in [1.165, 1.54) is 12.0 Å². The molecule has 4 nitrogen and oxygen atoms in total. The van der Waals surface area contributed by atoms with Crippen LogP contribution in [-0.2, 0) is 6.42 Å². The maximum atomic E-state index is 8.88. The molecule has 1 heterocycles. The molecule has 2 aromatic rings. The van der Waals surface area contributed by atoms with Gasteiger partial charge in [0.1, 0.15) is 0 Å². The van der Waals surface area contributed by atoms with E-state index < -0.39 is 0 Å². The molecular formula is C13H9N3O. The highest BCUT2D eigenvalue weighted by Gasteiger charge is 2.17. The topological polar surface area (TPSA) is 62.7 Å². The summed E-state index contributed by atoms with van der Waals surface area (Å²) >= 11 is 0. The Balaban J connectivity index is 2.12. The molecule has 0 fully saturated rings. The van der Waals surface area contributed by atoms with E-state index in [2.05, 4.69) is 22.3 Å². The highest BCUT2D eigenvalue weighted by Crippen LogP contribution is 2.30. The number of aromatic nitrogens is 2. The molecule has 0 N–H and O–H groups in total. The number of aryl methyl sites for hydroxylation is 1. The van der Waals surface area contributed by atoms with Gasteiger partial charge in [-0.3, -0.25) is 0 Å². The summed E-state index contributed by atoms with van der Waals surface area (Å²) in [7, 11) is 0. The van der Waals surface area contributed by atoms with Crippen molar-refractivity contribution in [3.05, 3.63) is 53.2 Å². The van der Waals surface area contributed by atoms with Crippen LogP contribution in [0.15, 0.2) is 35.1 Å². The fourth-order valence-electron chi connectivity index (χ4n) is 2.11. The summed E-state index contributed by atoms with van der Waals surface area (Å²) in [5, 5.41) is 16.5. The molecule has 3 rings (SSSR count). The van der Waals surface area contributed by atoms with Crippen molar-refractivity contribution < 1.29 is 4.42 Å². The maximum Gasteiger partial charge on any atom is 0.247 e. The molecule has 0 atom stereocenters. The first-order valence-corrected chi connectivity index (χ1v) is 5.38. The molecule has 0 aliphatic heterocycles. The lowest BCUT2D eigenvalue weighted by Gasteiger charge is -2.15. The van der Waals surface area contributed by atoms with E-state index in [-0.39, 0.29) is 0 Å². The van der Waals surface area contributed by atoms with Gasteiger partial charge in [-0.25, -0.2) is 0 Å². The number of nitriles is 1. The molecule has 0 amide bonds. The summed E-state index contributed by atoms with van der Waals surface area (Å²) in [4.78, 5) is 0. The van der Waals surface area contributed by atoms with E-state index in [4.69, 9.17) is 9.68 Å². The quantitative estimate of drug-likeness (QED) is 0.744. The molecule has 0 bridgehead atoms. The molecular weight excluding hydrogens is 214 g/mol. The fraction of sp³-hybridized carbons (Fsp3) is 0.154. The van der Waals surface area contributed by atoms with Crippen molar-refractivity contribution in [1.82, 2.24) is 10.2 Å². The molecule has 1 aromatic heterocycles. The standard InChI is InChI=1S/C13H9N3O/c14-7-9-4-5-11-10(6-9)2-1-3-12(11)13-16-15-8-17-13/h3-6,8H,1-2H2. The number of hydrogen-bond acceptors (Lipinski definition) is 4. The minimum atomic E-state index is 0.538. The average Bonchev–Trinajstić information content (AvgIpc) is 2.91. The normalized spacial score (nSPS) is 13.7. The Morgan fingerprint density at radius 1 is 1.35 bits per heavy atom. The van der Waals surface area contributed by atoms with Crippen LogP contribution >= 0.6 is 0 Å². The van der Waals surface area contributed by atoms with Gasteiger partial charge in [-0.1, -0.05) is 12.1 Å². The van der Waals surface area contributed by atoms with Crippen molar-refractivity contribution in [1.29, 1.82) is 5.26 Å². The first kappa shape index (κ1) is 9.79. The molecule has 0 radical (unpaired) electrons. The van der Waals surface area contributed by atoms with Crippen LogP contribution in [0.4, 0.5) is 0 Å². The number of benzene rings is 1. The van der Waals surface area contributed by atoms with E-state index in [9.17, 15) is 0 Å². The second-order valence-corrected chi connectivity index (χ2v) is 3.88. The fourth-order valence-corrected chi connectivity index (χ4v) is 2.11. The van der Waals surface area contributed by atoms with Crippen LogP contribution in [0.1, 0.15) is 29.0 Å². The first-order valence-electron chi connectivity index (χ1n) is 5.38. The predicted molar refractivity (Wildman–Crippen MR) is 60.9 cm³/mol. The largest absolute Gasteiger partial charge is 0.423 e. The monoisotopic (exact) mass is 223 g/mol. The molecule has 17 heavy (non-hydrogen) atoms. The van der Waals surface area contributed by atoms with Gasteiger partial charge in [0.15, 0.2) is 0 Å². The van der Waals surface area contributed by atoms with Crippen LogP contribution in [0.2, 0.25) is 0 Å². The van der Waals surface area contributed by atoms with Crippen LogP contribution in [0, 0.1) is 11.3 Å². The number of hydrogen-bond donors (Lipinski definition) is 0. The van der Waals surface area contributed by atoms with Gasteiger partial charge >= 0.3 is 0 Å². The summed E-state index contributed by atoms with van der Waals surface area (Å²) in [6, 6.07) is 7.85. The Hall–Kier alpha value is -2.41. The zero-order valence-electron chi connectivity index (χ0n) is 9.05. The molecule has 1 aliphatic carbocycles. The average molecular weight is 223 g/mol. The minimum absolute atomic E-state index is 0.538. The van der Waals surface area contributed by atoms with Crippen LogP contribution < -0.4 is 0 Å². The Morgan fingerprint density at radius 2 is 2.29 bits per heavy atom. The van der Waals surface area contributed by atoms with Gasteiger partial charge in [0.2, 0.25) is 12.3 Å². The van der Waals surface area contributed by atoms with E-state index in [1.807, 2.05) is 18.2 Å². The Bertz CT molecular complexity index is 621. The van der Waals surface area contributed by atoms with Gasteiger partial charge in [-0.05, 0) is 36.1 Å². The highest BCUT2D eigenvalue weighted by atomic mass is 16.4. The van der Waals surface area contributed by atoms with E-state index in [1.54, 1.807) is 0 Å². The third-order valence-electron chi connectivity index (χ3n) is 2.88. The Morgan fingerprint density at radius 3 is 3.06 bits per heavy atom. The maximum absolute atomic E-state index is 8.88. The third-order valence-corrected chi connectivity index (χ3v) is 2.88. The summed E-state index contributed by atoms with van der Waals surface area (Å²) in [6.45, 7) is 0. The Kier molecular flexibility index (Phi) is 2.23. The molecule has 1 aliphatic rings. The highest BCUT2D eigenvalue weighted by molar-refractivity contribution is 5.78. The van der Waals surface area contributed by atoms with E-state index >= 15 is 0 Å². The van der Waals surface area contributed by atoms with Crippen molar-refractivity contribution in [2.24, 2.45) is 0 Å². The smallest absolute Gasteiger partial charge is 0.247 e. The first-order chi connectivity index (χ1) is 8.38. The summed E-state index contributed by atoms with van der Waals surface area (Å²) in [5.74, 6) is 0.538.